The maximum Gasteiger partial charge on any atom is 0.248 e. The molecule has 0 aromatic heterocycles. The van der Waals surface area contributed by atoms with Gasteiger partial charge in [0.1, 0.15) is 0 Å². The van der Waals surface area contributed by atoms with Crippen molar-refractivity contribution in [3.8, 4) is 0 Å². The van der Waals surface area contributed by atoms with Crippen LogP contribution in [0, 0.1) is 12.8 Å². The van der Waals surface area contributed by atoms with E-state index in [1.807, 2.05) is 19.1 Å². The van der Waals surface area contributed by atoms with Gasteiger partial charge in [-0.2, -0.15) is 0 Å². The molecule has 1 aromatic rings. The zero-order valence-electron chi connectivity index (χ0n) is 10.9. The molecule has 1 atom stereocenters. The second-order valence-corrected chi connectivity index (χ2v) is 4.67. The van der Waals surface area contributed by atoms with Gasteiger partial charge in [-0.05, 0) is 43.0 Å². The lowest BCUT2D eigenvalue weighted by Gasteiger charge is -2.14. The highest BCUT2D eigenvalue weighted by molar-refractivity contribution is 5.93. The van der Waals surface area contributed by atoms with E-state index < -0.39 is 0 Å². The summed E-state index contributed by atoms with van der Waals surface area (Å²) in [5.74, 6) is 0.286. The Labute approximate surface area is 103 Å². The van der Waals surface area contributed by atoms with Crippen LogP contribution in [0.3, 0.4) is 0 Å². The molecule has 3 heteroatoms. The molecule has 0 aliphatic carbocycles. The van der Waals surface area contributed by atoms with Crippen molar-refractivity contribution in [3.05, 3.63) is 29.3 Å². The van der Waals surface area contributed by atoms with Gasteiger partial charge in [-0.1, -0.05) is 20.3 Å². The van der Waals surface area contributed by atoms with E-state index in [4.69, 9.17) is 5.73 Å². The van der Waals surface area contributed by atoms with Gasteiger partial charge in [-0.25, -0.2) is 0 Å². The largest absolute Gasteiger partial charge is 0.385 e. The highest BCUT2D eigenvalue weighted by atomic mass is 16.1. The molecule has 0 fully saturated rings. The quantitative estimate of drug-likeness (QED) is 0.795. The molecule has 17 heavy (non-hydrogen) atoms. The molecule has 1 amide bonds. The summed E-state index contributed by atoms with van der Waals surface area (Å²) in [6, 6.07) is 5.52. The number of anilines is 1. The summed E-state index contributed by atoms with van der Waals surface area (Å²) in [7, 11) is 0. The molecule has 3 N–H and O–H groups in total. The number of benzene rings is 1. The maximum absolute atomic E-state index is 11.0. The minimum atomic E-state index is -0.376. The molecule has 0 bridgehead atoms. The molecule has 0 saturated carbocycles. The summed E-state index contributed by atoms with van der Waals surface area (Å²) in [5, 5.41) is 3.41. The van der Waals surface area contributed by atoms with Crippen LogP contribution in [0.1, 0.15) is 42.6 Å². The minimum absolute atomic E-state index is 0.376. The molecule has 3 nitrogen and oxygen atoms in total. The number of carbonyl (C=O) groups is 1. The van der Waals surface area contributed by atoms with Gasteiger partial charge in [-0.15, -0.1) is 0 Å². The molecular weight excluding hydrogens is 212 g/mol. The zero-order chi connectivity index (χ0) is 12.8. The maximum atomic E-state index is 11.0. The second-order valence-electron chi connectivity index (χ2n) is 4.67. The predicted molar refractivity (Wildman–Crippen MR) is 72.3 cm³/mol. The van der Waals surface area contributed by atoms with Crippen molar-refractivity contribution >= 4 is 11.6 Å². The number of carbonyl (C=O) groups excluding carboxylic acids is 1. The van der Waals surface area contributed by atoms with Crippen LogP contribution in [0.5, 0.6) is 0 Å². The number of primary amides is 1. The Morgan fingerprint density at radius 2 is 2.18 bits per heavy atom. The topological polar surface area (TPSA) is 55.1 Å². The highest BCUT2D eigenvalue weighted by Gasteiger charge is 2.05. The standard InChI is InChI=1S/C14H22N2O/c1-4-5-10(2)9-16-13-7-6-12(14(15)17)8-11(13)3/h6-8,10,16H,4-5,9H2,1-3H3,(H2,15,17). The molecule has 0 saturated heterocycles. The van der Waals surface area contributed by atoms with Crippen LogP contribution in [0.25, 0.3) is 0 Å². The van der Waals surface area contributed by atoms with Crippen LogP contribution in [0.2, 0.25) is 0 Å². The predicted octanol–water partition coefficient (Wildman–Crippen LogP) is 2.94. The third kappa shape index (κ3) is 4.10. The Balaban J connectivity index is 2.63. The molecule has 0 aliphatic rings. The summed E-state index contributed by atoms with van der Waals surface area (Å²) in [6.07, 6.45) is 2.44. The van der Waals surface area contributed by atoms with Crippen molar-refractivity contribution in [1.29, 1.82) is 0 Å². The molecule has 0 aliphatic heterocycles. The molecule has 0 spiro atoms. The first-order valence-corrected chi connectivity index (χ1v) is 6.19. The average molecular weight is 234 g/mol. The fraction of sp³-hybridized carbons (Fsp3) is 0.500. The van der Waals surface area contributed by atoms with Crippen molar-refractivity contribution in [1.82, 2.24) is 0 Å². The molecule has 1 unspecified atom stereocenters. The molecule has 0 heterocycles. The number of aryl methyl sites for hydroxylation is 1. The van der Waals surface area contributed by atoms with Crippen LogP contribution >= 0.6 is 0 Å². The monoisotopic (exact) mass is 234 g/mol. The first-order valence-electron chi connectivity index (χ1n) is 6.19. The first-order chi connectivity index (χ1) is 8.04. The van der Waals surface area contributed by atoms with E-state index in [-0.39, 0.29) is 5.91 Å². The van der Waals surface area contributed by atoms with Crippen molar-refractivity contribution in [2.75, 3.05) is 11.9 Å². The number of rotatable bonds is 6. The zero-order valence-corrected chi connectivity index (χ0v) is 10.9. The number of hydrogen-bond acceptors (Lipinski definition) is 2. The Kier molecular flexibility index (Phi) is 5.01. The summed E-state index contributed by atoms with van der Waals surface area (Å²) in [4.78, 5) is 11.0. The molecular formula is C14H22N2O. The Hall–Kier alpha value is -1.51. The van der Waals surface area contributed by atoms with E-state index in [1.165, 1.54) is 12.8 Å². The summed E-state index contributed by atoms with van der Waals surface area (Å²) < 4.78 is 0. The van der Waals surface area contributed by atoms with Gasteiger partial charge in [0.2, 0.25) is 5.91 Å². The number of nitrogens with one attached hydrogen (secondary N) is 1. The lowest BCUT2D eigenvalue weighted by atomic mass is 10.1. The fourth-order valence-corrected chi connectivity index (χ4v) is 1.89. The third-order valence-electron chi connectivity index (χ3n) is 2.93. The third-order valence-corrected chi connectivity index (χ3v) is 2.93. The minimum Gasteiger partial charge on any atom is -0.385 e. The van der Waals surface area contributed by atoms with Gasteiger partial charge in [-0.3, -0.25) is 4.79 Å². The van der Waals surface area contributed by atoms with Crippen LogP contribution in [0.4, 0.5) is 5.69 Å². The van der Waals surface area contributed by atoms with Gasteiger partial charge in [0, 0.05) is 17.8 Å². The summed E-state index contributed by atoms with van der Waals surface area (Å²) in [6.45, 7) is 7.39. The van der Waals surface area contributed by atoms with E-state index in [0.29, 0.717) is 11.5 Å². The van der Waals surface area contributed by atoms with Gasteiger partial charge < -0.3 is 11.1 Å². The summed E-state index contributed by atoms with van der Waals surface area (Å²) >= 11 is 0. The number of hydrogen-bond donors (Lipinski definition) is 2. The Morgan fingerprint density at radius 3 is 2.71 bits per heavy atom. The second kappa shape index (κ2) is 6.28. The lowest BCUT2D eigenvalue weighted by molar-refractivity contribution is 0.1000. The van der Waals surface area contributed by atoms with Crippen LogP contribution in [0.15, 0.2) is 18.2 Å². The number of nitrogens with two attached hydrogens (primary N) is 1. The fourth-order valence-electron chi connectivity index (χ4n) is 1.89. The van der Waals surface area contributed by atoms with E-state index >= 15 is 0 Å². The molecule has 0 radical (unpaired) electrons. The van der Waals surface area contributed by atoms with Gasteiger partial charge in [0.05, 0.1) is 0 Å². The highest BCUT2D eigenvalue weighted by Crippen LogP contribution is 2.17. The van der Waals surface area contributed by atoms with Crippen LogP contribution < -0.4 is 11.1 Å². The SMILES string of the molecule is CCCC(C)CNc1ccc(C(N)=O)cc1C. The first kappa shape index (κ1) is 13.6. The van der Waals surface area contributed by atoms with E-state index in [2.05, 4.69) is 19.2 Å². The Bertz CT molecular complexity index is 388. The smallest absolute Gasteiger partial charge is 0.248 e. The molecule has 94 valence electrons. The lowest BCUT2D eigenvalue weighted by Crippen LogP contribution is -2.14. The van der Waals surface area contributed by atoms with Crippen molar-refractivity contribution < 1.29 is 4.79 Å². The van der Waals surface area contributed by atoms with Crippen molar-refractivity contribution in [2.24, 2.45) is 11.7 Å². The van der Waals surface area contributed by atoms with Crippen molar-refractivity contribution in [3.63, 3.8) is 0 Å². The van der Waals surface area contributed by atoms with Crippen LogP contribution in [-0.2, 0) is 0 Å². The van der Waals surface area contributed by atoms with E-state index in [0.717, 1.165) is 17.8 Å². The van der Waals surface area contributed by atoms with Gasteiger partial charge in [0.25, 0.3) is 0 Å². The van der Waals surface area contributed by atoms with Gasteiger partial charge in [0.15, 0.2) is 0 Å². The number of amides is 1. The molecule has 1 aromatic carbocycles. The van der Waals surface area contributed by atoms with E-state index in [1.54, 1.807) is 6.07 Å². The van der Waals surface area contributed by atoms with E-state index in [9.17, 15) is 4.79 Å². The van der Waals surface area contributed by atoms with Crippen LogP contribution in [-0.4, -0.2) is 12.5 Å². The van der Waals surface area contributed by atoms with Gasteiger partial charge >= 0.3 is 0 Å². The summed E-state index contributed by atoms with van der Waals surface area (Å²) in [5.41, 5.74) is 7.94. The Morgan fingerprint density at radius 1 is 1.47 bits per heavy atom. The molecule has 1 rings (SSSR count). The average Bonchev–Trinajstić information content (AvgIpc) is 2.27. The normalized spacial score (nSPS) is 12.2. The van der Waals surface area contributed by atoms with Crippen molar-refractivity contribution in [2.45, 2.75) is 33.6 Å².